The summed E-state index contributed by atoms with van der Waals surface area (Å²) in [7, 11) is 0. The van der Waals surface area contributed by atoms with Gasteiger partial charge in [0, 0.05) is 78.7 Å². The largest absolute Gasteiger partial charge is 0.507 e. The van der Waals surface area contributed by atoms with Gasteiger partial charge in [-0.1, -0.05) is 116 Å². The quantitative estimate of drug-likeness (QED) is 0.149. The van der Waals surface area contributed by atoms with Gasteiger partial charge in [-0.05, 0) is 140 Å². The molecule has 5 N–H and O–H groups in total. The van der Waals surface area contributed by atoms with Crippen LogP contribution in [0.15, 0.2) is 90.3 Å². The van der Waals surface area contributed by atoms with Crippen LogP contribution >= 0.6 is 0 Å². The topological polar surface area (TPSA) is 104 Å². The van der Waals surface area contributed by atoms with Crippen molar-refractivity contribution in [1.29, 1.82) is 0 Å². The molecule has 7 atom stereocenters. The number of rotatable bonds is 5. The van der Waals surface area contributed by atoms with Crippen LogP contribution in [0.1, 0.15) is 133 Å². The molecule has 8 heteroatoms. The number of hydrogen-bond donors (Lipinski definition) is 4. The number of likely N-dealkylation sites (tertiary alicyclic amines) is 1. The smallest absolute Gasteiger partial charge is 0.141 e. The maximum Gasteiger partial charge on any atom is 0.141 e. The van der Waals surface area contributed by atoms with E-state index in [1.165, 1.54) is 36.0 Å². The standard InChI is InChI=1S/C61H81N7O/c1-37-17-15-19-39(3)46(10)63-56-44(8)53-55(54-45(9)60(11,33-50(54)43(7)59(53)69)26-14-12-13-18-38(2)41(5)42(6)40(4)31-37)57-58(56)66-61(65-57)27-29-67(30-28-61)34-49-21-16-20-47(32-49)22-23-48-24-25-52-64-51(62)36-68(52)35-48/h12,14-17,19-21,32,36-38,40-42,48,63,66,69H,8-10,13,18,22-31,33-35,62H2,1-7,11H3/b14-12+,17-15+,39-19-/t37?,38?,40-,41+,42?,48?,60+/m1/s1. The van der Waals surface area contributed by atoms with E-state index in [4.69, 9.17) is 23.9 Å². The van der Waals surface area contributed by atoms with Gasteiger partial charge < -0.3 is 26.0 Å². The van der Waals surface area contributed by atoms with Crippen LogP contribution in [0.2, 0.25) is 0 Å². The predicted octanol–water partition coefficient (Wildman–Crippen LogP) is 12.6. The molecule has 0 amide bonds. The van der Waals surface area contributed by atoms with Crippen molar-refractivity contribution in [3.05, 3.63) is 129 Å². The minimum Gasteiger partial charge on any atom is -0.507 e. The zero-order valence-electron chi connectivity index (χ0n) is 43.3. The van der Waals surface area contributed by atoms with E-state index in [-0.39, 0.29) is 5.41 Å². The fourth-order valence-corrected chi connectivity index (χ4v) is 12.7. The van der Waals surface area contributed by atoms with Crippen molar-refractivity contribution < 1.29 is 5.11 Å². The third kappa shape index (κ3) is 9.64. The first-order valence-electron chi connectivity index (χ1n) is 26.4. The zero-order valence-corrected chi connectivity index (χ0v) is 43.3. The van der Waals surface area contributed by atoms with Gasteiger partial charge in [0.15, 0.2) is 0 Å². The number of nitrogens with one attached hydrogen (secondary N) is 2. The molecule has 4 unspecified atom stereocenters. The van der Waals surface area contributed by atoms with Crippen LogP contribution in [0.4, 0.5) is 17.2 Å². The Hall–Kier alpha value is -5.34. The number of nitrogens with two attached hydrogens (primary N) is 1. The molecule has 4 bridgehead atoms. The number of aryl methyl sites for hydroxylation is 2. The molecule has 69 heavy (non-hydrogen) atoms. The summed E-state index contributed by atoms with van der Waals surface area (Å²) in [4.78, 5) is 12.9. The molecular formula is C61H81N7O. The van der Waals surface area contributed by atoms with Gasteiger partial charge in [0.25, 0.3) is 0 Å². The van der Waals surface area contributed by atoms with Crippen molar-refractivity contribution in [2.75, 3.05) is 29.5 Å². The fraction of sp³-hybridized carbons (Fsp3) is 0.508. The third-order valence-electron chi connectivity index (χ3n) is 17.9. The van der Waals surface area contributed by atoms with E-state index in [0.717, 1.165) is 144 Å². The summed E-state index contributed by atoms with van der Waals surface area (Å²) in [6.07, 6.45) is 24.9. The minimum absolute atomic E-state index is 0.186. The Balaban J connectivity index is 1.01. The highest BCUT2D eigenvalue weighted by atomic mass is 16.3. The van der Waals surface area contributed by atoms with Gasteiger partial charge in [-0.15, -0.1) is 0 Å². The predicted molar refractivity (Wildman–Crippen MR) is 291 cm³/mol. The van der Waals surface area contributed by atoms with E-state index < -0.39 is 5.66 Å². The fourth-order valence-electron chi connectivity index (χ4n) is 12.7. The first kappa shape index (κ1) is 48.7. The average Bonchev–Trinajstić information content (AvgIpc) is 3.97. The average molecular weight is 928 g/mol. The molecule has 5 heterocycles. The number of nitrogen functional groups attached to an aromatic ring is 1. The van der Waals surface area contributed by atoms with Gasteiger partial charge in [0.05, 0.1) is 16.7 Å². The highest BCUT2D eigenvalue weighted by Crippen LogP contribution is 2.53. The van der Waals surface area contributed by atoms with Crippen LogP contribution in [0.5, 0.6) is 5.75 Å². The van der Waals surface area contributed by atoms with Crippen molar-refractivity contribution in [3.63, 3.8) is 0 Å². The summed E-state index contributed by atoms with van der Waals surface area (Å²) in [5, 5.41) is 23.5. The number of allylic oxidation sites excluding steroid dienone is 7. The highest BCUT2D eigenvalue weighted by Gasteiger charge is 2.43. The molecular weight excluding hydrogens is 847 g/mol. The lowest BCUT2D eigenvalue weighted by atomic mass is 9.74. The van der Waals surface area contributed by atoms with Crippen molar-refractivity contribution in [3.8, 4) is 5.75 Å². The van der Waals surface area contributed by atoms with E-state index in [9.17, 15) is 5.11 Å². The summed E-state index contributed by atoms with van der Waals surface area (Å²) in [5.41, 5.74) is 16.1. The molecule has 1 aliphatic carbocycles. The summed E-state index contributed by atoms with van der Waals surface area (Å²) in [6, 6.07) is 9.24. The van der Waals surface area contributed by atoms with Crippen LogP contribution in [0.3, 0.4) is 0 Å². The highest BCUT2D eigenvalue weighted by molar-refractivity contribution is 6.06. The molecule has 0 radical (unpaired) electrons. The summed E-state index contributed by atoms with van der Waals surface area (Å²) < 4.78 is 2.26. The number of anilines is 3. The van der Waals surface area contributed by atoms with Crippen LogP contribution in [-0.4, -0.2) is 38.3 Å². The maximum atomic E-state index is 12.3. The zero-order chi connectivity index (χ0) is 48.9. The van der Waals surface area contributed by atoms with Crippen LogP contribution in [-0.2, 0) is 32.4 Å². The lowest BCUT2D eigenvalue weighted by Gasteiger charge is -2.38. The Morgan fingerprint density at radius 3 is 2.48 bits per heavy atom. The molecule has 4 aliphatic heterocycles. The Labute approximate surface area is 413 Å². The number of aromatic nitrogens is 2. The molecule has 1 aromatic heterocycles. The van der Waals surface area contributed by atoms with E-state index in [2.05, 4.69) is 142 Å². The first-order chi connectivity index (χ1) is 32.9. The number of phenols is 1. The number of imidazole rings is 1. The lowest BCUT2D eigenvalue weighted by molar-refractivity contribution is 0.171. The maximum absolute atomic E-state index is 12.3. The Bertz CT molecular complexity index is 2850. The molecule has 1 fully saturated rings. The molecule has 3 aromatic carbocycles. The van der Waals surface area contributed by atoms with Crippen LogP contribution in [0, 0.1) is 47.8 Å². The Morgan fingerprint density at radius 2 is 1.70 bits per heavy atom. The second-order valence-corrected chi connectivity index (χ2v) is 22.9. The molecule has 1 saturated heterocycles. The van der Waals surface area contributed by atoms with E-state index >= 15 is 0 Å². The number of piperidine rings is 1. The summed E-state index contributed by atoms with van der Waals surface area (Å²) in [5.74, 6) is 5.76. The molecule has 1 spiro atoms. The van der Waals surface area contributed by atoms with Crippen molar-refractivity contribution in [2.45, 2.75) is 145 Å². The molecule has 9 rings (SSSR count). The second kappa shape index (κ2) is 19.5. The van der Waals surface area contributed by atoms with E-state index in [0.29, 0.717) is 47.1 Å². The van der Waals surface area contributed by atoms with Crippen LogP contribution in [0.25, 0.3) is 22.9 Å². The normalized spacial score (nSPS) is 29.2. The third-order valence-corrected chi connectivity index (χ3v) is 17.9. The van der Waals surface area contributed by atoms with Crippen molar-refractivity contribution in [2.24, 2.45) is 45.9 Å². The lowest BCUT2D eigenvalue weighted by Crippen LogP contribution is -2.46. The first-order valence-corrected chi connectivity index (χ1v) is 26.4. The molecule has 4 aromatic rings. The molecule has 0 saturated carbocycles. The number of benzene rings is 3. The number of hydrogen-bond acceptors (Lipinski definition) is 7. The Morgan fingerprint density at radius 1 is 0.942 bits per heavy atom. The number of aromatic hydroxyl groups is 1. The minimum atomic E-state index is -0.491. The molecule has 5 aliphatic rings. The van der Waals surface area contributed by atoms with Gasteiger partial charge in [-0.25, -0.2) is 4.98 Å². The van der Waals surface area contributed by atoms with E-state index in [1.807, 2.05) is 6.20 Å². The van der Waals surface area contributed by atoms with Crippen LogP contribution < -0.4 is 26.9 Å². The SMILES string of the molecule is C=C1Nc2c3c(c4c5c(c(C)c(O)c4c2=C)C[C@](C)(C/C=C/CCC(C)[C@H](C)C(C)[C@H](C)CC(C)/C=C/C=C\1C)C5=C)=NC1(CCN(Cc2cccc(CCC4CCc5nc(N)cn5C4)c2)CC1)N3. The number of fused-ring (bicyclic) bond motifs is 2. The van der Waals surface area contributed by atoms with Crippen molar-refractivity contribution in [1.82, 2.24) is 14.5 Å². The monoisotopic (exact) mass is 928 g/mol. The van der Waals surface area contributed by atoms with E-state index in [1.54, 1.807) is 0 Å². The summed E-state index contributed by atoms with van der Waals surface area (Å²) in [6.45, 7) is 36.7. The van der Waals surface area contributed by atoms with Gasteiger partial charge in [0.1, 0.15) is 23.1 Å². The van der Waals surface area contributed by atoms with Gasteiger partial charge in [-0.3, -0.25) is 9.89 Å². The Kier molecular flexibility index (Phi) is 13.7. The van der Waals surface area contributed by atoms with Gasteiger partial charge in [-0.2, -0.15) is 0 Å². The van der Waals surface area contributed by atoms with Gasteiger partial charge >= 0.3 is 0 Å². The number of nitrogens with zero attached hydrogens (tertiary/aromatic N) is 4. The second-order valence-electron chi connectivity index (χ2n) is 22.9. The number of phenolic OH excluding ortho intramolecular Hbond substituents is 1. The molecule has 8 nitrogen and oxygen atoms in total. The summed E-state index contributed by atoms with van der Waals surface area (Å²) >= 11 is 0. The molecule has 366 valence electrons. The van der Waals surface area contributed by atoms with Gasteiger partial charge in [0.2, 0.25) is 0 Å². The van der Waals surface area contributed by atoms with Crippen molar-refractivity contribution >= 4 is 40.1 Å².